The molecule has 1 atom stereocenters. The van der Waals surface area contributed by atoms with E-state index in [0.717, 1.165) is 42.9 Å². The lowest BCUT2D eigenvalue weighted by atomic mass is 9.98. The molecule has 2 N–H and O–H groups in total. The molecule has 1 aromatic carbocycles. The molecule has 1 fully saturated rings. The summed E-state index contributed by atoms with van der Waals surface area (Å²) in [7, 11) is 0. The highest BCUT2D eigenvalue weighted by molar-refractivity contribution is 5.93. The van der Waals surface area contributed by atoms with Crippen LogP contribution in [0, 0.1) is 12.8 Å². The van der Waals surface area contributed by atoms with E-state index < -0.39 is 0 Å². The number of rotatable bonds is 3. The minimum atomic E-state index is 0.0369. The van der Waals surface area contributed by atoms with Gasteiger partial charge < -0.3 is 10.6 Å². The molecule has 1 aliphatic heterocycles. The average Bonchev–Trinajstić information content (AvgIpc) is 3.04. The van der Waals surface area contributed by atoms with Gasteiger partial charge in [0, 0.05) is 12.2 Å². The van der Waals surface area contributed by atoms with Gasteiger partial charge in [-0.05, 0) is 54.4 Å². The van der Waals surface area contributed by atoms with Gasteiger partial charge in [-0.25, -0.2) is 4.68 Å². The summed E-state index contributed by atoms with van der Waals surface area (Å²) in [5.41, 5.74) is 2.64. The number of nitrogens with zero attached hydrogens (tertiary/aromatic N) is 4. The molecule has 7 nitrogen and oxygen atoms in total. The number of hydrogen-bond donors (Lipinski definition) is 2. The van der Waals surface area contributed by atoms with Crippen LogP contribution in [-0.4, -0.2) is 39.2 Å². The molecule has 2 heterocycles. The van der Waals surface area contributed by atoms with Gasteiger partial charge in [0.25, 0.3) is 0 Å². The number of carbonyl (C=O) groups excluding carboxylic acids is 1. The first-order valence-electron chi connectivity index (χ1n) is 7.09. The minimum Gasteiger partial charge on any atom is -0.325 e. The van der Waals surface area contributed by atoms with Crippen molar-refractivity contribution >= 4 is 11.6 Å². The highest BCUT2D eigenvalue weighted by atomic mass is 16.1. The van der Waals surface area contributed by atoms with Crippen LogP contribution in [0.25, 0.3) is 5.69 Å². The Morgan fingerprint density at radius 1 is 1.48 bits per heavy atom. The SMILES string of the molecule is Cc1ccc(-n2cnnn2)cc1NC(=O)[C@H]1CCCNC1. The molecule has 1 saturated heterocycles. The molecule has 1 amide bonds. The molecule has 7 heteroatoms. The maximum atomic E-state index is 12.3. The molecule has 110 valence electrons. The third-order valence-electron chi connectivity index (χ3n) is 3.76. The zero-order chi connectivity index (χ0) is 14.7. The van der Waals surface area contributed by atoms with Crippen LogP contribution < -0.4 is 10.6 Å². The number of aromatic nitrogens is 4. The first-order chi connectivity index (χ1) is 10.2. The first-order valence-corrected chi connectivity index (χ1v) is 7.09. The van der Waals surface area contributed by atoms with E-state index in [0.29, 0.717) is 0 Å². The summed E-state index contributed by atoms with van der Waals surface area (Å²) < 4.78 is 1.57. The van der Waals surface area contributed by atoms with Crippen molar-refractivity contribution in [3.05, 3.63) is 30.1 Å². The summed E-state index contributed by atoms with van der Waals surface area (Å²) in [5, 5.41) is 17.4. The molecule has 1 aliphatic rings. The summed E-state index contributed by atoms with van der Waals surface area (Å²) >= 11 is 0. The maximum absolute atomic E-state index is 12.3. The van der Waals surface area contributed by atoms with Crippen molar-refractivity contribution in [1.82, 2.24) is 25.5 Å². The van der Waals surface area contributed by atoms with Gasteiger partial charge in [0.2, 0.25) is 5.91 Å². The zero-order valence-electron chi connectivity index (χ0n) is 11.9. The van der Waals surface area contributed by atoms with Crippen LogP contribution in [0.5, 0.6) is 0 Å². The number of piperidine rings is 1. The minimum absolute atomic E-state index is 0.0369. The molecule has 0 saturated carbocycles. The summed E-state index contributed by atoms with van der Waals surface area (Å²) in [4.78, 5) is 12.3. The van der Waals surface area contributed by atoms with Crippen LogP contribution in [0.3, 0.4) is 0 Å². The zero-order valence-corrected chi connectivity index (χ0v) is 11.9. The smallest absolute Gasteiger partial charge is 0.228 e. The highest BCUT2D eigenvalue weighted by Gasteiger charge is 2.21. The fourth-order valence-electron chi connectivity index (χ4n) is 2.48. The van der Waals surface area contributed by atoms with Crippen molar-refractivity contribution in [2.24, 2.45) is 5.92 Å². The second-order valence-electron chi connectivity index (χ2n) is 5.29. The van der Waals surface area contributed by atoms with Crippen molar-refractivity contribution in [3.63, 3.8) is 0 Å². The summed E-state index contributed by atoms with van der Waals surface area (Å²) in [6.45, 7) is 3.72. The van der Waals surface area contributed by atoms with E-state index >= 15 is 0 Å². The molecule has 1 aromatic heterocycles. The second-order valence-corrected chi connectivity index (χ2v) is 5.29. The molecule has 2 aromatic rings. The molecule has 0 unspecified atom stereocenters. The van der Waals surface area contributed by atoms with Gasteiger partial charge >= 0.3 is 0 Å². The Morgan fingerprint density at radius 2 is 2.38 bits per heavy atom. The van der Waals surface area contributed by atoms with Crippen LogP contribution in [0.2, 0.25) is 0 Å². The Balaban J connectivity index is 1.78. The number of anilines is 1. The summed E-state index contributed by atoms with van der Waals surface area (Å²) in [6.07, 6.45) is 3.51. The van der Waals surface area contributed by atoms with Gasteiger partial charge in [-0.15, -0.1) is 5.10 Å². The van der Waals surface area contributed by atoms with Gasteiger partial charge in [0.1, 0.15) is 6.33 Å². The number of amides is 1. The molecule has 0 bridgehead atoms. The second kappa shape index (κ2) is 6.01. The fourth-order valence-corrected chi connectivity index (χ4v) is 2.48. The quantitative estimate of drug-likeness (QED) is 0.876. The Bertz CT molecular complexity index is 618. The number of carbonyl (C=O) groups is 1. The third kappa shape index (κ3) is 3.08. The van der Waals surface area contributed by atoms with E-state index in [9.17, 15) is 4.79 Å². The maximum Gasteiger partial charge on any atom is 0.228 e. The van der Waals surface area contributed by atoms with Crippen molar-refractivity contribution < 1.29 is 4.79 Å². The number of aryl methyl sites for hydroxylation is 1. The number of hydrogen-bond acceptors (Lipinski definition) is 5. The lowest BCUT2D eigenvalue weighted by molar-refractivity contribution is -0.120. The molecular formula is C14H18N6O. The monoisotopic (exact) mass is 286 g/mol. The van der Waals surface area contributed by atoms with Gasteiger partial charge in [-0.3, -0.25) is 4.79 Å². The molecule has 0 aliphatic carbocycles. The van der Waals surface area contributed by atoms with E-state index in [1.165, 1.54) is 6.33 Å². The van der Waals surface area contributed by atoms with Crippen molar-refractivity contribution in [1.29, 1.82) is 0 Å². The highest BCUT2D eigenvalue weighted by Crippen LogP contribution is 2.21. The van der Waals surface area contributed by atoms with Gasteiger partial charge in [0.05, 0.1) is 11.6 Å². The normalized spacial score (nSPS) is 18.4. The van der Waals surface area contributed by atoms with Crippen LogP contribution >= 0.6 is 0 Å². The van der Waals surface area contributed by atoms with E-state index in [2.05, 4.69) is 26.2 Å². The molecule has 0 spiro atoms. The van der Waals surface area contributed by atoms with Crippen LogP contribution in [0.15, 0.2) is 24.5 Å². The van der Waals surface area contributed by atoms with Crippen molar-refractivity contribution in [2.45, 2.75) is 19.8 Å². The van der Waals surface area contributed by atoms with Crippen molar-refractivity contribution in [2.75, 3.05) is 18.4 Å². The molecular weight excluding hydrogens is 268 g/mol. The topological polar surface area (TPSA) is 84.7 Å². The first kappa shape index (κ1) is 13.7. The predicted molar refractivity (Wildman–Crippen MR) is 78.1 cm³/mol. The Kier molecular flexibility index (Phi) is 3.92. The predicted octanol–water partition coefficient (Wildman–Crippen LogP) is 0.909. The van der Waals surface area contributed by atoms with E-state index in [1.54, 1.807) is 4.68 Å². The van der Waals surface area contributed by atoms with Gasteiger partial charge in [0.15, 0.2) is 0 Å². The van der Waals surface area contributed by atoms with Gasteiger partial charge in [-0.1, -0.05) is 6.07 Å². The Hall–Kier alpha value is -2.28. The van der Waals surface area contributed by atoms with Gasteiger partial charge in [-0.2, -0.15) is 0 Å². The summed E-state index contributed by atoms with van der Waals surface area (Å²) in [6, 6.07) is 5.76. The van der Waals surface area contributed by atoms with Crippen molar-refractivity contribution in [3.8, 4) is 5.69 Å². The standard InChI is InChI=1S/C14H18N6O/c1-10-4-5-12(20-9-16-18-19-20)7-13(10)17-14(21)11-3-2-6-15-8-11/h4-5,7,9,11,15H,2-3,6,8H2,1H3,(H,17,21)/t11-/m0/s1. The van der Waals surface area contributed by atoms with E-state index in [-0.39, 0.29) is 11.8 Å². The van der Waals surface area contributed by atoms with Crippen LogP contribution in [0.1, 0.15) is 18.4 Å². The van der Waals surface area contributed by atoms with Crippen LogP contribution in [-0.2, 0) is 4.79 Å². The van der Waals surface area contributed by atoms with E-state index in [4.69, 9.17) is 0 Å². The Labute approximate surface area is 122 Å². The largest absolute Gasteiger partial charge is 0.325 e. The molecule has 0 radical (unpaired) electrons. The lowest BCUT2D eigenvalue weighted by Crippen LogP contribution is -2.37. The fraction of sp³-hybridized carbons (Fsp3) is 0.429. The molecule has 3 rings (SSSR count). The summed E-state index contributed by atoms with van der Waals surface area (Å²) in [5.74, 6) is 0.106. The van der Waals surface area contributed by atoms with Crippen LogP contribution in [0.4, 0.5) is 5.69 Å². The third-order valence-corrected chi connectivity index (χ3v) is 3.76. The Morgan fingerprint density at radius 3 is 3.10 bits per heavy atom. The number of tetrazole rings is 1. The number of benzene rings is 1. The molecule has 21 heavy (non-hydrogen) atoms. The lowest BCUT2D eigenvalue weighted by Gasteiger charge is -2.22. The average molecular weight is 286 g/mol. The van der Waals surface area contributed by atoms with E-state index in [1.807, 2.05) is 25.1 Å². The number of nitrogens with one attached hydrogen (secondary N) is 2.